The topological polar surface area (TPSA) is 77.9 Å². The second-order valence-electron chi connectivity index (χ2n) is 5.28. The van der Waals surface area contributed by atoms with Crippen LogP contribution in [0.5, 0.6) is 0 Å². The summed E-state index contributed by atoms with van der Waals surface area (Å²) in [6.45, 7) is 0.575. The van der Waals surface area contributed by atoms with E-state index in [-0.39, 0.29) is 5.91 Å². The number of hydrogen-bond acceptors (Lipinski definition) is 3. The Kier molecular flexibility index (Phi) is 3.22. The molecule has 1 aliphatic carbocycles. The summed E-state index contributed by atoms with van der Waals surface area (Å²) >= 11 is 0. The fourth-order valence-corrected chi connectivity index (χ4v) is 2.33. The quantitative estimate of drug-likeness (QED) is 0.856. The highest BCUT2D eigenvalue weighted by atomic mass is 16.1. The van der Waals surface area contributed by atoms with Gasteiger partial charge < -0.3 is 15.6 Å². The van der Waals surface area contributed by atoms with E-state index < -0.39 is 0 Å². The molecule has 6 heteroatoms. The van der Waals surface area contributed by atoms with Crippen molar-refractivity contribution in [2.75, 3.05) is 12.3 Å². The summed E-state index contributed by atoms with van der Waals surface area (Å²) in [6.07, 6.45) is 6.73. The van der Waals surface area contributed by atoms with Crippen LogP contribution in [0.2, 0.25) is 0 Å². The monoisotopic (exact) mass is 273 g/mol. The highest BCUT2D eigenvalue weighted by molar-refractivity contribution is 5.93. The Morgan fingerprint density at radius 3 is 3.00 bits per heavy atom. The van der Waals surface area contributed by atoms with Crippen LogP contribution in [0.25, 0.3) is 0 Å². The van der Waals surface area contributed by atoms with Gasteiger partial charge in [0.25, 0.3) is 5.91 Å². The lowest BCUT2D eigenvalue weighted by molar-refractivity contribution is 0.0944. The Balaban J connectivity index is 1.59. The average molecular weight is 273 g/mol. The number of nitrogens with one attached hydrogen (secondary N) is 1. The van der Waals surface area contributed by atoms with E-state index in [4.69, 9.17) is 5.73 Å². The number of aromatic nitrogens is 3. The summed E-state index contributed by atoms with van der Waals surface area (Å²) in [5.74, 6) is -0.0652. The van der Waals surface area contributed by atoms with Crippen molar-refractivity contribution in [1.82, 2.24) is 19.7 Å². The first kappa shape index (κ1) is 12.8. The Morgan fingerprint density at radius 1 is 1.55 bits per heavy atom. The molecule has 20 heavy (non-hydrogen) atoms. The van der Waals surface area contributed by atoms with Gasteiger partial charge in [0, 0.05) is 38.4 Å². The van der Waals surface area contributed by atoms with Gasteiger partial charge in [-0.2, -0.15) is 5.10 Å². The summed E-state index contributed by atoms with van der Waals surface area (Å²) in [5.41, 5.74) is 8.07. The van der Waals surface area contributed by atoms with Crippen molar-refractivity contribution in [2.24, 2.45) is 7.05 Å². The van der Waals surface area contributed by atoms with Gasteiger partial charge in [0.1, 0.15) is 5.69 Å². The Hall–Kier alpha value is -2.24. The normalized spacial score (nSPS) is 14.4. The molecule has 3 N–H and O–H groups in total. The highest BCUT2D eigenvalue weighted by Gasteiger charge is 2.27. The predicted octanol–water partition coefficient (Wildman–Crippen LogP) is 1.11. The third-order valence-electron chi connectivity index (χ3n) is 3.48. The summed E-state index contributed by atoms with van der Waals surface area (Å²) in [5, 5.41) is 7.21. The standard InChI is InChI=1S/C14H19N5O/c1-18-7-5-11(17-18)4-6-16-14(20)13-8-10(15)9-19(13)12-2-3-12/h5,7-9,12H,2-4,6,15H2,1H3,(H,16,20). The first-order valence-electron chi connectivity index (χ1n) is 6.87. The van der Waals surface area contributed by atoms with Crippen LogP contribution in [-0.4, -0.2) is 26.8 Å². The molecule has 0 aromatic carbocycles. The summed E-state index contributed by atoms with van der Waals surface area (Å²) in [4.78, 5) is 12.2. The van der Waals surface area contributed by atoms with E-state index in [1.165, 1.54) is 0 Å². The third kappa shape index (κ3) is 2.68. The van der Waals surface area contributed by atoms with Crippen molar-refractivity contribution in [1.29, 1.82) is 0 Å². The molecular formula is C14H19N5O. The van der Waals surface area contributed by atoms with E-state index in [0.717, 1.165) is 25.0 Å². The Bertz CT molecular complexity index is 623. The maximum atomic E-state index is 12.2. The van der Waals surface area contributed by atoms with Gasteiger partial charge in [-0.3, -0.25) is 9.48 Å². The number of carbonyl (C=O) groups excluding carboxylic acids is 1. The molecule has 3 rings (SSSR count). The van der Waals surface area contributed by atoms with Gasteiger partial charge in [0.05, 0.1) is 11.4 Å². The van der Waals surface area contributed by atoms with Crippen LogP contribution in [0, 0.1) is 0 Å². The molecular weight excluding hydrogens is 254 g/mol. The van der Waals surface area contributed by atoms with E-state index in [1.54, 1.807) is 10.7 Å². The zero-order valence-electron chi connectivity index (χ0n) is 11.5. The second-order valence-corrected chi connectivity index (χ2v) is 5.28. The minimum atomic E-state index is -0.0652. The maximum absolute atomic E-state index is 12.2. The maximum Gasteiger partial charge on any atom is 0.268 e. The fourth-order valence-electron chi connectivity index (χ4n) is 2.33. The van der Waals surface area contributed by atoms with Gasteiger partial charge >= 0.3 is 0 Å². The predicted molar refractivity (Wildman–Crippen MR) is 76.4 cm³/mol. The smallest absolute Gasteiger partial charge is 0.268 e. The molecule has 1 amide bonds. The van der Waals surface area contributed by atoms with Gasteiger partial charge in [-0.25, -0.2) is 0 Å². The number of amides is 1. The van der Waals surface area contributed by atoms with Crippen LogP contribution >= 0.6 is 0 Å². The SMILES string of the molecule is Cn1ccc(CCNC(=O)c2cc(N)cn2C2CC2)n1. The molecule has 0 spiro atoms. The average Bonchev–Trinajstić information content (AvgIpc) is 3.06. The van der Waals surface area contributed by atoms with Crippen LogP contribution < -0.4 is 11.1 Å². The van der Waals surface area contributed by atoms with Crippen molar-refractivity contribution in [3.8, 4) is 0 Å². The summed E-state index contributed by atoms with van der Waals surface area (Å²) < 4.78 is 3.75. The van der Waals surface area contributed by atoms with Gasteiger partial charge in [0.2, 0.25) is 0 Å². The van der Waals surface area contributed by atoms with E-state index in [1.807, 2.05) is 30.1 Å². The molecule has 0 aliphatic heterocycles. The molecule has 1 aliphatic rings. The lowest BCUT2D eigenvalue weighted by Crippen LogP contribution is -2.27. The van der Waals surface area contributed by atoms with Crippen LogP contribution in [-0.2, 0) is 13.5 Å². The lowest BCUT2D eigenvalue weighted by atomic mass is 10.3. The second kappa shape index (κ2) is 5.03. The minimum absolute atomic E-state index is 0.0652. The van der Waals surface area contributed by atoms with Gasteiger partial charge in [0.15, 0.2) is 0 Å². The Morgan fingerprint density at radius 2 is 2.35 bits per heavy atom. The molecule has 1 fully saturated rings. The number of nitrogens with two attached hydrogens (primary N) is 1. The van der Waals surface area contributed by atoms with Crippen LogP contribution in [0.4, 0.5) is 5.69 Å². The highest BCUT2D eigenvalue weighted by Crippen LogP contribution is 2.37. The van der Waals surface area contributed by atoms with Crippen LogP contribution in [0.1, 0.15) is 35.1 Å². The van der Waals surface area contributed by atoms with E-state index in [2.05, 4.69) is 10.4 Å². The number of carbonyl (C=O) groups is 1. The zero-order chi connectivity index (χ0) is 14.1. The van der Waals surface area contributed by atoms with Gasteiger partial charge in [-0.1, -0.05) is 0 Å². The molecule has 2 aromatic rings. The fraction of sp³-hybridized carbons (Fsp3) is 0.429. The summed E-state index contributed by atoms with van der Waals surface area (Å²) in [6, 6.07) is 4.15. The summed E-state index contributed by atoms with van der Waals surface area (Å²) in [7, 11) is 1.88. The molecule has 1 saturated carbocycles. The number of nitrogens with zero attached hydrogens (tertiary/aromatic N) is 3. The van der Waals surface area contributed by atoms with Crippen molar-refractivity contribution < 1.29 is 4.79 Å². The number of rotatable bonds is 5. The molecule has 2 heterocycles. The molecule has 0 radical (unpaired) electrons. The molecule has 0 atom stereocenters. The van der Waals surface area contributed by atoms with Gasteiger partial charge in [-0.15, -0.1) is 0 Å². The molecule has 0 bridgehead atoms. The van der Waals surface area contributed by atoms with E-state index >= 15 is 0 Å². The Labute approximate surface area is 117 Å². The first-order valence-corrected chi connectivity index (χ1v) is 6.87. The number of aryl methyl sites for hydroxylation is 1. The number of anilines is 1. The van der Waals surface area contributed by atoms with Crippen molar-refractivity contribution in [3.05, 3.63) is 35.9 Å². The van der Waals surface area contributed by atoms with E-state index in [9.17, 15) is 4.79 Å². The largest absolute Gasteiger partial charge is 0.397 e. The van der Waals surface area contributed by atoms with Crippen LogP contribution in [0.3, 0.4) is 0 Å². The third-order valence-corrected chi connectivity index (χ3v) is 3.48. The van der Waals surface area contributed by atoms with Gasteiger partial charge in [-0.05, 0) is 25.0 Å². The van der Waals surface area contributed by atoms with Crippen molar-refractivity contribution >= 4 is 11.6 Å². The molecule has 0 unspecified atom stereocenters. The number of hydrogen-bond donors (Lipinski definition) is 2. The zero-order valence-corrected chi connectivity index (χ0v) is 11.5. The van der Waals surface area contributed by atoms with Crippen molar-refractivity contribution in [3.63, 3.8) is 0 Å². The minimum Gasteiger partial charge on any atom is -0.397 e. The lowest BCUT2D eigenvalue weighted by Gasteiger charge is -2.07. The molecule has 2 aromatic heterocycles. The molecule has 6 nitrogen and oxygen atoms in total. The first-order chi connectivity index (χ1) is 9.63. The van der Waals surface area contributed by atoms with Crippen LogP contribution in [0.15, 0.2) is 24.5 Å². The number of nitrogen functional groups attached to an aromatic ring is 1. The molecule has 0 saturated heterocycles. The molecule has 106 valence electrons. The van der Waals surface area contributed by atoms with Crippen molar-refractivity contribution in [2.45, 2.75) is 25.3 Å². The van der Waals surface area contributed by atoms with E-state index in [0.29, 0.717) is 24.0 Å².